The number of rotatable bonds is 5. The number of halogens is 1. The zero-order valence-corrected chi connectivity index (χ0v) is 12.5. The second-order valence-corrected chi connectivity index (χ2v) is 6.27. The maximum absolute atomic E-state index is 13.4. The fraction of sp³-hybridized carbons (Fsp3) is 0.333. The van der Waals surface area contributed by atoms with E-state index < -0.39 is 15.8 Å². The lowest BCUT2D eigenvalue weighted by molar-refractivity contribution is 0.574. The average Bonchev–Trinajstić information content (AvgIpc) is 2.89. The Labute approximate surface area is 122 Å². The highest BCUT2D eigenvalue weighted by molar-refractivity contribution is 7.89. The molecule has 0 fully saturated rings. The van der Waals surface area contributed by atoms with E-state index in [9.17, 15) is 12.8 Å². The van der Waals surface area contributed by atoms with Crippen LogP contribution in [0, 0.1) is 12.7 Å². The van der Waals surface area contributed by atoms with Crippen molar-refractivity contribution in [3.8, 4) is 0 Å². The van der Waals surface area contributed by atoms with Crippen LogP contribution in [0.4, 0.5) is 10.1 Å². The van der Waals surface area contributed by atoms with Gasteiger partial charge in [-0.1, -0.05) is 0 Å². The third-order valence-corrected chi connectivity index (χ3v) is 4.40. The highest BCUT2D eigenvalue weighted by Gasteiger charge is 2.18. The number of anilines is 1. The maximum Gasteiger partial charge on any atom is 0.241 e. The monoisotopic (exact) mass is 313 g/mol. The molecule has 3 N–H and O–H groups in total. The summed E-state index contributed by atoms with van der Waals surface area (Å²) in [5.74, 6) is -0.118. The largest absolute Gasteiger partial charge is 0.396 e. The number of sulfonamides is 1. The molecule has 114 valence electrons. The lowest BCUT2D eigenvalue weighted by Gasteiger charge is -2.09. The van der Waals surface area contributed by atoms with Gasteiger partial charge in [-0.3, -0.25) is 0 Å². The van der Waals surface area contributed by atoms with E-state index in [2.05, 4.69) is 14.9 Å². The van der Waals surface area contributed by atoms with Gasteiger partial charge in [0.25, 0.3) is 0 Å². The van der Waals surface area contributed by atoms with E-state index in [1.54, 1.807) is 4.57 Å². The van der Waals surface area contributed by atoms with Crippen LogP contribution < -0.4 is 10.5 Å². The summed E-state index contributed by atoms with van der Waals surface area (Å²) in [6.07, 6.45) is 1.52. The van der Waals surface area contributed by atoms with Gasteiger partial charge in [-0.25, -0.2) is 17.5 Å². The zero-order valence-electron chi connectivity index (χ0n) is 11.7. The lowest BCUT2D eigenvalue weighted by atomic mass is 10.2. The summed E-state index contributed by atoms with van der Waals surface area (Å²) in [6.45, 7) is 3.98. The predicted molar refractivity (Wildman–Crippen MR) is 75.3 cm³/mol. The molecule has 0 unspecified atom stereocenters. The van der Waals surface area contributed by atoms with Crippen LogP contribution in [0.1, 0.15) is 18.3 Å². The average molecular weight is 313 g/mol. The van der Waals surface area contributed by atoms with E-state index in [1.807, 2.05) is 6.92 Å². The molecule has 0 aliphatic rings. The highest BCUT2D eigenvalue weighted by Crippen LogP contribution is 2.20. The van der Waals surface area contributed by atoms with Crippen LogP contribution in [0.2, 0.25) is 0 Å². The molecule has 0 aliphatic carbocycles. The van der Waals surface area contributed by atoms with Crippen molar-refractivity contribution in [2.24, 2.45) is 0 Å². The van der Waals surface area contributed by atoms with Crippen LogP contribution in [0.5, 0.6) is 0 Å². The number of aryl methyl sites for hydroxylation is 2. The number of nitrogens with zero attached hydrogens (tertiary/aromatic N) is 3. The van der Waals surface area contributed by atoms with Crippen molar-refractivity contribution < 1.29 is 12.8 Å². The van der Waals surface area contributed by atoms with Crippen molar-refractivity contribution in [2.75, 3.05) is 5.73 Å². The molecular formula is C12H16FN5O2S. The molecular weight excluding hydrogens is 297 g/mol. The number of nitrogens with two attached hydrogens (primary N) is 1. The summed E-state index contributed by atoms with van der Waals surface area (Å²) < 4.78 is 41.9. The quantitative estimate of drug-likeness (QED) is 0.795. The van der Waals surface area contributed by atoms with Gasteiger partial charge in [0, 0.05) is 6.54 Å². The Morgan fingerprint density at radius 2 is 2.14 bits per heavy atom. The topological polar surface area (TPSA) is 103 Å². The Kier molecular flexibility index (Phi) is 4.24. The second kappa shape index (κ2) is 5.78. The first-order valence-electron chi connectivity index (χ1n) is 6.27. The summed E-state index contributed by atoms with van der Waals surface area (Å²) in [5, 5.41) is 7.55. The minimum Gasteiger partial charge on any atom is -0.396 e. The van der Waals surface area contributed by atoms with Gasteiger partial charge in [0.15, 0.2) is 0 Å². The van der Waals surface area contributed by atoms with Gasteiger partial charge in [-0.2, -0.15) is 0 Å². The minimum absolute atomic E-state index is 0.00744. The first-order valence-corrected chi connectivity index (χ1v) is 7.75. The van der Waals surface area contributed by atoms with E-state index in [0.29, 0.717) is 12.4 Å². The van der Waals surface area contributed by atoms with E-state index in [1.165, 1.54) is 19.3 Å². The van der Waals surface area contributed by atoms with E-state index >= 15 is 0 Å². The van der Waals surface area contributed by atoms with Crippen LogP contribution in [0.3, 0.4) is 0 Å². The SMILES string of the molecule is CCn1cnnc1CNS(=O)(=O)c1cc(C)c(F)c(N)c1. The molecule has 0 saturated heterocycles. The molecule has 21 heavy (non-hydrogen) atoms. The van der Waals surface area contributed by atoms with Gasteiger partial charge in [0.1, 0.15) is 18.0 Å². The van der Waals surface area contributed by atoms with Gasteiger partial charge in [-0.05, 0) is 31.5 Å². The van der Waals surface area contributed by atoms with Crippen molar-refractivity contribution >= 4 is 15.7 Å². The van der Waals surface area contributed by atoms with E-state index in [-0.39, 0.29) is 22.7 Å². The summed E-state index contributed by atoms with van der Waals surface area (Å²) >= 11 is 0. The smallest absolute Gasteiger partial charge is 0.241 e. The molecule has 0 atom stereocenters. The van der Waals surface area contributed by atoms with Gasteiger partial charge in [-0.15, -0.1) is 10.2 Å². The van der Waals surface area contributed by atoms with Crippen LogP contribution in [-0.4, -0.2) is 23.2 Å². The number of hydrogen-bond acceptors (Lipinski definition) is 5. The van der Waals surface area contributed by atoms with Crippen molar-refractivity contribution in [3.05, 3.63) is 35.7 Å². The van der Waals surface area contributed by atoms with Crippen LogP contribution in [-0.2, 0) is 23.1 Å². The standard InChI is InChI=1S/C12H16FN5O2S/c1-3-18-7-15-17-11(18)6-16-21(19,20)9-4-8(2)12(13)10(14)5-9/h4-5,7,16H,3,6,14H2,1-2H3. The van der Waals surface area contributed by atoms with Crippen molar-refractivity contribution in [3.63, 3.8) is 0 Å². The summed E-state index contributed by atoms with van der Waals surface area (Å²) in [7, 11) is -3.80. The Hall–Kier alpha value is -2.00. The molecule has 1 heterocycles. The molecule has 9 heteroatoms. The molecule has 1 aromatic carbocycles. The zero-order chi connectivity index (χ0) is 15.6. The second-order valence-electron chi connectivity index (χ2n) is 4.50. The molecule has 0 amide bonds. The van der Waals surface area contributed by atoms with Gasteiger partial charge >= 0.3 is 0 Å². The maximum atomic E-state index is 13.4. The first-order chi connectivity index (χ1) is 9.85. The molecule has 0 radical (unpaired) electrons. The van der Waals surface area contributed by atoms with Crippen molar-refractivity contribution in [1.29, 1.82) is 0 Å². The molecule has 0 bridgehead atoms. The van der Waals surface area contributed by atoms with Gasteiger partial charge < -0.3 is 10.3 Å². The molecule has 0 saturated carbocycles. The lowest BCUT2D eigenvalue weighted by Crippen LogP contribution is -2.25. The Morgan fingerprint density at radius 3 is 2.76 bits per heavy atom. The number of benzene rings is 1. The van der Waals surface area contributed by atoms with Gasteiger partial charge in [0.2, 0.25) is 10.0 Å². The normalized spacial score (nSPS) is 11.8. The molecule has 0 aliphatic heterocycles. The van der Waals surface area contributed by atoms with Gasteiger partial charge in [0.05, 0.1) is 17.1 Å². The Balaban J connectivity index is 2.23. The molecule has 2 rings (SSSR count). The van der Waals surface area contributed by atoms with Crippen molar-refractivity contribution in [2.45, 2.75) is 31.8 Å². The molecule has 7 nitrogen and oxygen atoms in total. The minimum atomic E-state index is -3.80. The third kappa shape index (κ3) is 3.19. The fourth-order valence-corrected chi connectivity index (χ4v) is 2.94. The number of hydrogen-bond donors (Lipinski definition) is 2. The molecule has 2 aromatic rings. The van der Waals surface area contributed by atoms with Crippen LogP contribution in [0.25, 0.3) is 0 Å². The molecule has 0 spiro atoms. The Bertz CT molecular complexity index is 734. The van der Waals surface area contributed by atoms with Crippen molar-refractivity contribution in [1.82, 2.24) is 19.5 Å². The highest BCUT2D eigenvalue weighted by atomic mass is 32.2. The molecule has 1 aromatic heterocycles. The number of aromatic nitrogens is 3. The number of nitrogen functional groups attached to an aromatic ring is 1. The Morgan fingerprint density at radius 1 is 1.43 bits per heavy atom. The summed E-state index contributed by atoms with van der Waals surface area (Å²) in [5.41, 5.74) is 5.43. The number of nitrogens with one attached hydrogen (secondary N) is 1. The third-order valence-electron chi connectivity index (χ3n) is 3.02. The van der Waals surface area contributed by atoms with E-state index in [4.69, 9.17) is 5.73 Å². The predicted octanol–water partition coefficient (Wildman–Crippen LogP) is 0.806. The van der Waals surface area contributed by atoms with E-state index in [0.717, 1.165) is 6.07 Å². The van der Waals surface area contributed by atoms with Crippen LogP contribution in [0.15, 0.2) is 23.4 Å². The van der Waals surface area contributed by atoms with Crippen LogP contribution >= 0.6 is 0 Å². The summed E-state index contributed by atoms with van der Waals surface area (Å²) in [4.78, 5) is -0.0820. The summed E-state index contributed by atoms with van der Waals surface area (Å²) in [6, 6.07) is 2.33. The fourth-order valence-electron chi connectivity index (χ4n) is 1.84. The first kappa shape index (κ1) is 15.4.